The molecule has 0 saturated heterocycles. The van der Waals surface area contributed by atoms with Crippen LogP contribution in [0.2, 0.25) is 0 Å². The molecular weight excluding hydrogens is 1310 g/mol. The maximum atomic E-state index is 13.1. The summed E-state index contributed by atoms with van der Waals surface area (Å²) in [6, 6.07) is 0. The smallest absolute Gasteiger partial charge is 0.462 e. The molecule has 0 aliphatic heterocycles. The van der Waals surface area contributed by atoms with Crippen molar-refractivity contribution in [2.24, 2.45) is 0 Å². The Labute approximate surface area is 610 Å². The molecule has 19 heteroatoms. The summed E-state index contributed by atoms with van der Waals surface area (Å²) < 4.78 is 68.6. The SMILES string of the molecule is CCCCC/C=C\C/C=C\CCCCCCCC(=O)OC[C@H](COP(=O)(O)OC[C@H](O)COP(=O)(O)OC[C@@H](COC(=O)CCCCCCC/C=C\C/C=C\CCCCC)OC(=O)CCCCCCCCCCCCCCCCC)OC(=O)CCCCCCC/C=C\CCCCCCCC. The first-order valence-corrected chi connectivity index (χ1v) is 43.5. The molecule has 100 heavy (non-hydrogen) atoms. The van der Waals surface area contributed by atoms with Crippen molar-refractivity contribution in [3.05, 3.63) is 60.8 Å². The van der Waals surface area contributed by atoms with E-state index in [2.05, 4.69) is 88.5 Å². The number of carbonyl (C=O) groups excluding carboxylic acids is 4. The molecule has 3 N–H and O–H groups in total. The lowest BCUT2D eigenvalue weighted by molar-refractivity contribution is -0.161. The Hall–Kier alpha value is -3.24. The van der Waals surface area contributed by atoms with Gasteiger partial charge in [0, 0.05) is 25.7 Å². The fourth-order valence-corrected chi connectivity index (χ4v) is 12.8. The van der Waals surface area contributed by atoms with Crippen molar-refractivity contribution in [2.75, 3.05) is 39.6 Å². The average molecular weight is 1460 g/mol. The number of unbranched alkanes of at least 4 members (excludes halogenated alkanes) is 41. The summed E-state index contributed by atoms with van der Waals surface area (Å²) in [4.78, 5) is 73.0. The van der Waals surface area contributed by atoms with Crippen molar-refractivity contribution in [3.8, 4) is 0 Å². The van der Waals surface area contributed by atoms with Gasteiger partial charge in [0.05, 0.1) is 26.4 Å². The molecule has 0 amide bonds. The van der Waals surface area contributed by atoms with E-state index in [-0.39, 0.29) is 25.7 Å². The predicted octanol–water partition coefficient (Wildman–Crippen LogP) is 23.5. The minimum absolute atomic E-state index is 0.0858. The largest absolute Gasteiger partial charge is 0.472 e. The van der Waals surface area contributed by atoms with E-state index in [1.54, 1.807) is 0 Å². The number of rotatable bonds is 77. The third kappa shape index (κ3) is 73.1. The van der Waals surface area contributed by atoms with E-state index in [1.807, 2.05) is 0 Å². The highest BCUT2D eigenvalue weighted by Crippen LogP contribution is 2.45. The second-order valence-electron chi connectivity index (χ2n) is 27.4. The molecule has 0 spiro atoms. The summed E-state index contributed by atoms with van der Waals surface area (Å²) in [5.41, 5.74) is 0. The van der Waals surface area contributed by atoms with Crippen LogP contribution in [-0.4, -0.2) is 96.7 Å². The number of hydrogen-bond donors (Lipinski definition) is 3. The highest BCUT2D eigenvalue weighted by Gasteiger charge is 2.30. The normalized spacial score (nSPS) is 14.2. The monoisotopic (exact) mass is 1460 g/mol. The molecule has 584 valence electrons. The molecule has 0 aliphatic rings. The Morgan fingerprint density at radius 3 is 0.770 bits per heavy atom. The molecule has 0 fully saturated rings. The Balaban J connectivity index is 5.35. The lowest BCUT2D eigenvalue weighted by atomic mass is 10.0. The van der Waals surface area contributed by atoms with Crippen LogP contribution in [-0.2, 0) is 65.4 Å². The number of aliphatic hydroxyl groups excluding tert-OH is 1. The number of allylic oxidation sites excluding steroid dienone is 10. The van der Waals surface area contributed by atoms with Gasteiger partial charge in [0.15, 0.2) is 12.2 Å². The molecule has 2 unspecified atom stereocenters. The zero-order chi connectivity index (χ0) is 73.2. The van der Waals surface area contributed by atoms with Crippen LogP contribution in [0.4, 0.5) is 0 Å². The van der Waals surface area contributed by atoms with Gasteiger partial charge in [-0.15, -0.1) is 0 Å². The van der Waals surface area contributed by atoms with Crippen LogP contribution in [0.1, 0.15) is 374 Å². The van der Waals surface area contributed by atoms with Crippen LogP contribution in [0.25, 0.3) is 0 Å². The number of carbonyl (C=O) groups is 4. The van der Waals surface area contributed by atoms with E-state index in [0.717, 1.165) is 154 Å². The van der Waals surface area contributed by atoms with Gasteiger partial charge in [-0.2, -0.15) is 0 Å². The van der Waals surface area contributed by atoms with Gasteiger partial charge < -0.3 is 33.8 Å². The molecule has 0 rings (SSSR count). The first kappa shape index (κ1) is 96.8. The quantitative estimate of drug-likeness (QED) is 0.0169. The van der Waals surface area contributed by atoms with Crippen molar-refractivity contribution in [3.63, 3.8) is 0 Å². The topological polar surface area (TPSA) is 237 Å². The molecule has 0 aromatic rings. The van der Waals surface area contributed by atoms with Crippen LogP contribution >= 0.6 is 15.6 Å². The lowest BCUT2D eigenvalue weighted by Gasteiger charge is -2.21. The second kappa shape index (κ2) is 74.0. The molecule has 0 saturated carbocycles. The van der Waals surface area contributed by atoms with Gasteiger partial charge in [-0.25, -0.2) is 9.13 Å². The maximum absolute atomic E-state index is 13.1. The standard InChI is InChI=1S/C81H148O17P2/c1-5-9-13-17-21-25-29-33-37-41-45-49-53-57-61-65-78(83)91-71-76(97-80(85)67-63-59-55-51-47-43-39-35-31-27-23-19-15-11-7-3)73-95-99(87,88)93-69-75(82)70-94-100(89,90)96-74-77(98-81(86)68-64-60-56-52-48-44-40-36-32-28-24-20-16-12-8-4)72-92-79(84)66-62-58-54-50-46-42-38-34-30-26-22-18-14-10-6-2/h21-22,25-26,33-35,37-39,75-77,82H,5-20,23-24,27-32,36,40-74H2,1-4H3,(H,87,88)(H,89,90)/b25-21-,26-22-,37-33-,38-34-,39-35-/t75-,76+,77+/m0/s1. The Bertz CT molecular complexity index is 2130. The van der Waals surface area contributed by atoms with Crippen LogP contribution in [0.5, 0.6) is 0 Å². The number of hydrogen-bond acceptors (Lipinski definition) is 15. The zero-order valence-corrected chi connectivity index (χ0v) is 65.7. The number of esters is 4. The van der Waals surface area contributed by atoms with E-state index < -0.39 is 97.5 Å². The number of phosphoric ester groups is 2. The molecular formula is C81H148O17P2. The van der Waals surface area contributed by atoms with Gasteiger partial charge >= 0.3 is 39.5 Å². The fourth-order valence-electron chi connectivity index (χ4n) is 11.2. The summed E-state index contributed by atoms with van der Waals surface area (Å²) in [6.45, 7) is 4.86. The molecule has 0 bridgehead atoms. The Kier molecular flexibility index (Phi) is 71.6. The van der Waals surface area contributed by atoms with Gasteiger partial charge in [-0.3, -0.25) is 37.3 Å². The lowest BCUT2D eigenvalue weighted by Crippen LogP contribution is -2.30. The predicted molar refractivity (Wildman–Crippen MR) is 409 cm³/mol. The summed E-state index contributed by atoms with van der Waals surface area (Å²) >= 11 is 0. The van der Waals surface area contributed by atoms with Gasteiger partial charge in [-0.05, 0) is 116 Å². The molecule has 0 aromatic carbocycles. The van der Waals surface area contributed by atoms with Crippen molar-refractivity contribution in [1.29, 1.82) is 0 Å². The third-order valence-electron chi connectivity index (χ3n) is 17.5. The first-order chi connectivity index (χ1) is 48.7. The third-order valence-corrected chi connectivity index (χ3v) is 19.4. The van der Waals surface area contributed by atoms with Crippen molar-refractivity contribution in [1.82, 2.24) is 0 Å². The molecule has 0 aliphatic carbocycles. The van der Waals surface area contributed by atoms with E-state index in [1.165, 1.54) is 141 Å². The summed E-state index contributed by atoms with van der Waals surface area (Å²) in [5, 5.41) is 10.6. The first-order valence-electron chi connectivity index (χ1n) is 40.5. The average Bonchev–Trinajstić information content (AvgIpc) is 1.01. The molecule has 0 radical (unpaired) electrons. The number of aliphatic hydroxyl groups is 1. The van der Waals surface area contributed by atoms with Crippen molar-refractivity contribution in [2.45, 2.75) is 393 Å². The van der Waals surface area contributed by atoms with E-state index >= 15 is 0 Å². The zero-order valence-electron chi connectivity index (χ0n) is 63.9. The van der Waals surface area contributed by atoms with Crippen LogP contribution in [0.15, 0.2) is 60.8 Å². The van der Waals surface area contributed by atoms with Crippen LogP contribution in [0.3, 0.4) is 0 Å². The van der Waals surface area contributed by atoms with E-state index in [9.17, 15) is 43.2 Å². The molecule has 17 nitrogen and oxygen atoms in total. The van der Waals surface area contributed by atoms with Gasteiger partial charge in [0.25, 0.3) is 0 Å². The van der Waals surface area contributed by atoms with Crippen LogP contribution in [0, 0.1) is 0 Å². The number of ether oxygens (including phenoxy) is 4. The Morgan fingerprint density at radius 1 is 0.280 bits per heavy atom. The summed E-state index contributed by atoms with van der Waals surface area (Å²) in [7, 11) is -9.95. The highest BCUT2D eigenvalue weighted by atomic mass is 31.2. The minimum Gasteiger partial charge on any atom is -0.462 e. The molecule has 0 aromatic heterocycles. The van der Waals surface area contributed by atoms with Gasteiger partial charge in [0.2, 0.25) is 0 Å². The summed E-state index contributed by atoms with van der Waals surface area (Å²) in [6.07, 6.45) is 73.3. The van der Waals surface area contributed by atoms with E-state index in [0.29, 0.717) is 25.7 Å². The van der Waals surface area contributed by atoms with Crippen LogP contribution < -0.4 is 0 Å². The summed E-state index contributed by atoms with van der Waals surface area (Å²) in [5.74, 6) is -2.18. The van der Waals surface area contributed by atoms with Crippen molar-refractivity contribution < 1.29 is 80.2 Å². The van der Waals surface area contributed by atoms with E-state index in [4.69, 9.17) is 37.0 Å². The van der Waals surface area contributed by atoms with Gasteiger partial charge in [0.1, 0.15) is 19.3 Å². The minimum atomic E-state index is -4.98. The Morgan fingerprint density at radius 2 is 0.490 bits per heavy atom. The fraction of sp³-hybridized carbons (Fsp3) is 0.827. The number of phosphoric acid groups is 2. The molecule has 0 heterocycles. The maximum Gasteiger partial charge on any atom is 0.472 e. The second-order valence-corrected chi connectivity index (χ2v) is 30.3. The van der Waals surface area contributed by atoms with Gasteiger partial charge in [-0.1, -0.05) is 294 Å². The van der Waals surface area contributed by atoms with Crippen molar-refractivity contribution >= 4 is 39.5 Å². The molecule has 5 atom stereocenters. The highest BCUT2D eigenvalue weighted by molar-refractivity contribution is 7.47.